The van der Waals surface area contributed by atoms with Gasteiger partial charge in [0.25, 0.3) is 29.5 Å². The SMILES string of the molecule is COc1ccc(F)c(C(=O)NC(C=O)Cc2ccccc2)c1Cl.Cn1c2ccccc2c2c(C(=O)NC(C=O)Cc3ccccc3)cccc21.O=CC(Cc1ccccc1)NC(=O)c1c(Cl)ccc2ccccc12.O=CC(Cc1ccccc1)NC(=O)c1c(Cl)cccc1Cl.O=CC(Cc1ccccc1)NC(=O)c1cccc2c1oc1ccccc12. The number of aryl methyl sites for hydroxylation is 1. The van der Waals surface area contributed by atoms with Gasteiger partial charge in [-0.2, -0.15) is 0 Å². The molecule has 18 nitrogen and oxygen atoms in total. The van der Waals surface area contributed by atoms with Gasteiger partial charge in [0.05, 0.1) is 79.7 Å². The number of furan rings is 1. The summed E-state index contributed by atoms with van der Waals surface area (Å²) in [5, 5.41) is 19.8. The van der Waals surface area contributed by atoms with Crippen molar-refractivity contribution in [3.05, 3.63) is 385 Å². The number of nitrogens with zero attached hydrogens (tertiary/aromatic N) is 1. The van der Waals surface area contributed by atoms with E-state index in [9.17, 15) is 52.3 Å². The van der Waals surface area contributed by atoms with Crippen LogP contribution in [-0.4, -0.2) is 103 Å². The van der Waals surface area contributed by atoms with Crippen LogP contribution in [0.3, 0.4) is 0 Å². The average Bonchev–Trinajstić information content (AvgIpc) is 1.62. The molecule has 0 fully saturated rings. The van der Waals surface area contributed by atoms with Gasteiger partial charge in [0.2, 0.25) is 0 Å². The molecule has 0 aliphatic rings. The van der Waals surface area contributed by atoms with Crippen LogP contribution in [0.15, 0.2) is 308 Å². The van der Waals surface area contributed by atoms with Crippen molar-refractivity contribution in [2.24, 2.45) is 7.05 Å². The molecule has 13 aromatic carbocycles. The Kier molecular flexibility index (Phi) is 31.8. The summed E-state index contributed by atoms with van der Waals surface area (Å²) in [6, 6.07) is 89.5. The van der Waals surface area contributed by atoms with Crippen LogP contribution in [-0.2, 0) is 63.1 Å². The number of rotatable bonds is 26. The van der Waals surface area contributed by atoms with Crippen molar-refractivity contribution in [1.29, 1.82) is 0 Å². The van der Waals surface area contributed by atoms with Crippen molar-refractivity contribution in [2.75, 3.05) is 7.11 Å². The minimum Gasteiger partial charge on any atom is -0.495 e. The second-order valence-electron chi connectivity index (χ2n) is 27.8. The largest absolute Gasteiger partial charge is 0.495 e. The molecule has 23 heteroatoms. The first-order chi connectivity index (χ1) is 58.8. The highest BCUT2D eigenvalue weighted by Gasteiger charge is 2.26. The van der Waals surface area contributed by atoms with E-state index in [4.69, 9.17) is 55.6 Å². The molecule has 2 heterocycles. The number of benzene rings is 13. The maximum Gasteiger partial charge on any atom is 0.256 e. The highest BCUT2D eigenvalue weighted by molar-refractivity contribution is 6.40. The highest BCUT2D eigenvalue weighted by atomic mass is 35.5. The molecule has 0 saturated carbocycles. The predicted molar refractivity (Wildman–Crippen MR) is 475 cm³/mol. The van der Waals surface area contributed by atoms with Crippen molar-refractivity contribution in [3.63, 3.8) is 0 Å². The number of hydrogen-bond donors (Lipinski definition) is 5. The maximum absolute atomic E-state index is 13.9. The molecule has 0 aliphatic heterocycles. The Labute approximate surface area is 716 Å². The number of fused-ring (bicyclic) bond motifs is 7. The summed E-state index contributed by atoms with van der Waals surface area (Å²) in [5.41, 5.74) is 9.42. The van der Waals surface area contributed by atoms with E-state index in [0.717, 1.165) is 102 Å². The van der Waals surface area contributed by atoms with E-state index in [1.807, 2.05) is 268 Å². The van der Waals surface area contributed by atoms with Crippen LogP contribution < -0.4 is 31.3 Å². The van der Waals surface area contributed by atoms with Crippen LogP contribution in [0, 0.1) is 5.82 Å². The van der Waals surface area contributed by atoms with Gasteiger partial charge in [0.1, 0.15) is 54.2 Å². The summed E-state index contributed by atoms with van der Waals surface area (Å²) in [7, 11) is 3.36. The standard InChI is InChI=1S/C23H20N2O2.C22H17NO3.C20H16ClNO2.C17H15ClFNO3.C16H13Cl2NO2/c1-25-20-12-6-5-10-18(20)22-19(11-7-13-21(22)25)23(27)24-17(15-26)14-16-8-3-2-4-9-16;24-14-16(13-15-7-2-1-3-8-15)23-22(25)19-11-6-10-18-17-9-4-5-12-20(17)26-21(18)19;21-18-11-10-15-8-4-5-9-17(15)19(18)20(24)22-16(13-23)12-14-6-2-1-3-7-14;1-23-14-8-7-13(19)15(16(14)18)17(22)20-12(10-21)9-11-5-3-2-4-6-11;17-13-7-4-8-14(18)15(13)16(21)19-12(10-20)9-11-5-2-1-3-6-11/h2-13,15,17H,14H2,1H3,(H,24,27);1-12,14,16H,13H2,(H,23,25);1-11,13,16H,12H2,(H,22,24);2-8,10,12H,9H2,1H3,(H,20,22);1-8,10,12H,9H2,(H,19,21). The van der Waals surface area contributed by atoms with Crippen LogP contribution >= 0.6 is 46.4 Å². The Balaban J connectivity index is 0.000000148. The van der Waals surface area contributed by atoms with Crippen molar-refractivity contribution >= 4 is 162 Å². The molecule has 0 radical (unpaired) electrons. The van der Waals surface area contributed by atoms with Gasteiger partial charge in [-0.15, -0.1) is 0 Å². The number of carbonyl (C=O) groups is 10. The summed E-state index contributed by atoms with van der Waals surface area (Å²) in [6.45, 7) is 0. The third-order valence-corrected chi connectivity index (χ3v) is 20.8. The highest BCUT2D eigenvalue weighted by Crippen LogP contribution is 2.35. The first-order valence-corrected chi connectivity index (χ1v) is 39.8. The quantitative estimate of drug-likeness (QED) is 0.0317. The number of amides is 5. The third-order valence-electron chi connectivity index (χ3n) is 19.5. The van der Waals surface area contributed by atoms with Gasteiger partial charge in [0, 0.05) is 45.2 Å². The Morgan fingerprint density at radius 1 is 0.355 bits per heavy atom. The molecular formula is C98H81Cl4FN6O12. The normalized spacial score (nSPS) is 11.9. The number of aldehydes is 5. The van der Waals surface area contributed by atoms with Crippen LogP contribution in [0.25, 0.3) is 54.5 Å². The van der Waals surface area contributed by atoms with E-state index in [0.29, 0.717) is 72.0 Å². The Morgan fingerprint density at radius 2 is 0.711 bits per heavy atom. The zero-order chi connectivity index (χ0) is 85.7. The number of carbonyl (C=O) groups excluding carboxylic acids is 10. The van der Waals surface area contributed by atoms with Crippen molar-refractivity contribution in [3.8, 4) is 5.75 Å². The average molecular weight is 1700 g/mol. The predicted octanol–water partition coefficient (Wildman–Crippen LogP) is 18.6. The number of hydrogen-bond acceptors (Lipinski definition) is 12. The molecule has 121 heavy (non-hydrogen) atoms. The monoisotopic (exact) mass is 1690 g/mol. The topological polar surface area (TPSA) is 258 Å². The van der Waals surface area contributed by atoms with Gasteiger partial charge in [0.15, 0.2) is 0 Å². The van der Waals surface area contributed by atoms with E-state index in [2.05, 4.69) is 31.2 Å². The summed E-state index contributed by atoms with van der Waals surface area (Å²) in [5.74, 6) is -2.71. The van der Waals surface area contributed by atoms with Gasteiger partial charge in [-0.05, 0) is 131 Å². The molecule has 5 amide bonds. The molecule has 0 aliphatic carbocycles. The number of methoxy groups -OCH3 is 1. The van der Waals surface area contributed by atoms with Gasteiger partial charge in [-0.3, -0.25) is 24.0 Å². The number of ether oxygens (including phenoxy) is 1. The molecule has 15 rings (SSSR count). The lowest BCUT2D eigenvalue weighted by atomic mass is 10.0. The van der Waals surface area contributed by atoms with Crippen molar-refractivity contribution in [1.82, 2.24) is 31.2 Å². The Hall–Kier alpha value is -13.7. The van der Waals surface area contributed by atoms with Gasteiger partial charge in [-0.25, -0.2) is 4.39 Å². The fourth-order valence-corrected chi connectivity index (χ4v) is 14.8. The van der Waals surface area contributed by atoms with Crippen molar-refractivity contribution in [2.45, 2.75) is 62.3 Å². The maximum atomic E-state index is 13.9. The lowest BCUT2D eigenvalue weighted by Gasteiger charge is -2.15. The number of halogens is 5. The fourth-order valence-electron chi connectivity index (χ4n) is 13.6. The lowest BCUT2D eigenvalue weighted by molar-refractivity contribution is -0.110. The molecule has 610 valence electrons. The van der Waals surface area contributed by atoms with E-state index in [1.54, 1.807) is 30.3 Å². The van der Waals surface area contributed by atoms with Crippen LogP contribution in [0.4, 0.5) is 4.39 Å². The van der Waals surface area contributed by atoms with Crippen LogP contribution in [0.2, 0.25) is 20.1 Å². The fraction of sp³-hybridized carbons (Fsp3) is 0.122. The molecule has 0 saturated heterocycles. The number of aromatic nitrogens is 1. The van der Waals surface area contributed by atoms with Gasteiger partial charge < -0.3 is 64.3 Å². The van der Waals surface area contributed by atoms with E-state index < -0.39 is 47.8 Å². The first-order valence-electron chi connectivity index (χ1n) is 38.3. The lowest BCUT2D eigenvalue weighted by Crippen LogP contribution is -2.38. The molecule has 5 atom stereocenters. The molecule has 2 aromatic heterocycles. The summed E-state index contributed by atoms with van der Waals surface area (Å²) in [6.07, 6.45) is 5.72. The molecule has 0 bridgehead atoms. The van der Waals surface area contributed by atoms with Crippen LogP contribution in [0.1, 0.15) is 79.6 Å². The molecule has 0 spiro atoms. The second-order valence-corrected chi connectivity index (χ2v) is 29.4. The smallest absolute Gasteiger partial charge is 0.256 e. The zero-order valence-electron chi connectivity index (χ0n) is 65.4. The second kappa shape index (κ2) is 43.7. The Bertz CT molecular complexity index is 6140. The number of nitrogens with one attached hydrogen (secondary N) is 5. The molecule has 5 unspecified atom stereocenters. The number of para-hydroxylation sites is 3. The summed E-state index contributed by atoms with van der Waals surface area (Å²) >= 11 is 24.2. The van der Waals surface area contributed by atoms with Crippen molar-refractivity contribution < 1.29 is 61.5 Å². The first kappa shape index (κ1) is 88.1. The minimum absolute atomic E-state index is 0.130. The molecule has 5 N–H and O–H groups in total. The zero-order valence-corrected chi connectivity index (χ0v) is 68.4. The van der Waals surface area contributed by atoms with Gasteiger partial charge in [-0.1, -0.05) is 289 Å². The molecule has 15 aromatic rings. The third kappa shape index (κ3) is 23.2. The van der Waals surface area contributed by atoms with Crippen LogP contribution in [0.5, 0.6) is 5.75 Å². The summed E-state index contributed by atoms with van der Waals surface area (Å²) < 4.78 is 26.9. The summed E-state index contributed by atoms with van der Waals surface area (Å²) in [4.78, 5) is 120. The van der Waals surface area contributed by atoms with Gasteiger partial charge >= 0.3 is 0 Å². The van der Waals surface area contributed by atoms with E-state index in [-0.39, 0.29) is 49.7 Å². The molecular weight excluding hydrogens is 1610 g/mol. The minimum atomic E-state index is -0.786. The Morgan fingerprint density at radius 3 is 1.18 bits per heavy atom. The van der Waals surface area contributed by atoms with E-state index >= 15 is 0 Å². The van der Waals surface area contributed by atoms with E-state index in [1.165, 1.54) is 13.2 Å².